The Kier molecular flexibility index (Phi) is 7.38. The summed E-state index contributed by atoms with van der Waals surface area (Å²) in [5.41, 5.74) is 0.513. The number of rotatable bonds is 8. The maximum atomic E-state index is 12.7. The van der Waals surface area contributed by atoms with Crippen LogP contribution in [-0.4, -0.2) is 87.3 Å². The number of sulfone groups is 1. The molecule has 2 aliphatic heterocycles. The van der Waals surface area contributed by atoms with Crippen LogP contribution in [-0.2, 0) is 24.7 Å². The second-order valence-corrected chi connectivity index (χ2v) is 12.2. The molecule has 2 heterocycles. The minimum Gasteiger partial charge on any atom is -0.494 e. The van der Waals surface area contributed by atoms with Gasteiger partial charge in [-0.3, -0.25) is 9.59 Å². The largest absolute Gasteiger partial charge is 0.494 e. The molecule has 31 heavy (non-hydrogen) atoms. The third-order valence-electron chi connectivity index (χ3n) is 5.62. The van der Waals surface area contributed by atoms with Gasteiger partial charge in [0.25, 0.3) is 0 Å². The molecule has 0 aliphatic carbocycles. The van der Waals surface area contributed by atoms with Crippen LogP contribution >= 0.6 is 0 Å². The van der Waals surface area contributed by atoms with Crippen LogP contribution in [0.15, 0.2) is 24.3 Å². The van der Waals surface area contributed by atoms with Crippen molar-refractivity contribution in [1.29, 1.82) is 0 Å². The van der Waals surface area contributed by atoms with Gasteiger partial charge in [0, 0.05) is 44.6 Å². The molecule has 11 heteroatoms. The third-order valence-corrected chi connectivity index (χ3v) is 9.93. The van der Waals surface area contributed by atoms with Crippen LogP contribution in [0.4, 0.5) is 0 Å². The second-order valence-electron chi connectivity index (χ2n) is 7.73. The maximum absolute atomic E-state index is 12.7. The Balaban J connectivity index is 1.47. The summed E-state index contributed by atoms with van der Waals surface area (Å²) >= 11 is 0. The molecule has 0 radical (unpaired) electrons. The van der Waals surface area contributed by atoms with Crippen LogP contribution in [0.3, 0.4) is 0 Å². The zero-order valence-electron chi connectivity index (χ0n) is 17.5. The summed E-state index contributed by atoms with van der Waals surface area (Å²) in [5, 5.41) is -0.897. The minimum atomic E-state index is -3.70. The minimum absolute atomic E-state index is 0.0552. The number of hydrogen-bond donors (Lipinski definition) is 0. The topological polar surface area (TPSA) is 118 Å². The number of ketones is 1. The molecule has 0 spiro atoms. The number of piperazine rings is 1. The monoisotopic (exact) mass is 472 g/mol. The van der Waals surface area contributed by atoms with Gasteiger partial charge in [-0.2, -0.15) is 4.31 Å². The quantitative estimate of drug-likeness (QED) is 0.511. The Morgan fingerprint density at radius 3 is 2.26 bits per heavy atom. The van der Waals surface area contributed by atoms with Crippen LogP contribution in [0.5, 0.6) is 5.75 Å². The van der Waals surface area contributed by atoms with E-state index < -0.39 is 25.1 Å². The predicted molar refractivity (Wildman–Crippen MR) is 115 cm³/mol. The van der Waals surface area contributed by atoms with Gasteiger partial charge >= 0.3 is 0 Å². The Bertz CT molecular complexity index is 1010. The lowest BCUT2D eigenvalue weighted by molar-refractivity contribution is -0.132. The summed E-state index contributed by atoms with van der Waals surface area (Å²) in [6.07, 6.45) is 0.252. The van der Waals surface area contributed by atoms with E-state index in [1.165, 1.54) is 4.31 Å². The van der Waals surface area contributed by atoms with E-state index in [0.29, 0.717) is 17.9 Å². The molecule has 172 valence electrons. The zero-order chi connectivity index (χ0) is 22.6. The summed E-state index contributed by atoms with van der Waals surface area (Å²) in [6, 6.07) is 6.77. The van der Waals surface area contributed by atoms with Crippen LogP contribution in [0, 0.1) is 0 Å². The molecular weight excluding hydrogens is 444 g/mol. The third kappa shape index (κ3) is 5.83. The molecule has 1 aromatic rings. The number of sulfonamides is 1. The summed E-state index contributed by atoms with van der Waals surface area (Å²) in [6.45, 7) is 3.15. The van der Waals surface area contributed by atoms with Crippen LogP contribution in [0.25, 0.3) is 0 Å². The van der Waals surface area contributed by atoms with E-state index in [1.54, 1.807) is 29.2 Å². The van der Waals surface area contributed by atoms with Gasteiger partial charge in [-0.15, -0.1) is 0 Å². The first-order chi connectivity index (χ1) is 14.6. The normalized spacial score (nSPS) is 21.7. The lowest BCUT2D eigenvalue weighted by Crippen LogP contribution is -2.52. The fourth-order valence-corrected chi connectivity index (χ4v) is 8.34. The lowest BCUT2D eigenvalue weighted by Gasteiger charge is -2.35. The van der Waals surface area contributed by atoms with Crippen LogP contribution in [0.2, 0.25) is 0 Å². The van der Waals surface area contributed by atoms with E-state index in [9.17, 15) is 26.4 Å². The van der Waals surface area contributed by atoms with Gasteiger partial charge in [0.1, 0.15) is 5.75 Å². The van der Waals surface area contributed by atoms with Gasteiger partial charge < -0.3 is 9.64 Å². The number of ether oxygens (including phenoxy) is 1. The number of Topliss-reactive ketones (excluding diaryl/α,β-unsaturated/α-hetero) is 1. The molecule has 0 bridgehead atoms. The first-order valence-electron chi connectivity index (χ1n) is 10.4. The molecule has 1 atom stereocenters. The van der Waals surface area contributed by atoms with Crippen molar-refractivity contribution in [3.8, 4) is 5.75 Å². The molecule has 0 saturated carbocycles. The van der Waals surface area contributed by atoms with Gasteiger partial charge in [0.15, 0.2) is 15.6 Å². The van der Waals surface area contributed by atoms with E-state index >= 15 is 0 Å². The fourth-order valence-electron chi connectivity index (χ4n) is 3.83. The second kappa shape index (κ2) is 9.66. The molecule has 2 aliphatic rings. The summed E-state index contributed by atoms with van der Waals surface area (Å²) in [4.78, 5) is 26.4. The molecule has 0 N–H and O–H groups in total. The summed E-state index contributed by atoms with van der Waals surface area (Å²) in [7, 11) is -6.99. The number of carbonyl (C=O) groups excluding carboxylic acids is 2. The van der Waals surface area contributed by atoms with Gasteiger partial charge in [-0.25, -0.2) is 16.8 Å². The summed E-state index contributed by atoms with van der Waals surface area (Å²) < 4.78 is 55.3. The molecule has 2 saturated heterocycles. The molecule has 0 aromatic heterocycles. The number of amides is 1. The highest BCUT2D eigenvalue weighted by Crippen LogP contribution is 2.23. The standard InChI is InChI=1S/C20H28N2O7S2/c1-2-29-17-5-3-16(4-6-17)19(23)7-8-20(24)21-10-12-22(13-11-21)31(27,28)18-9-14-30(25,26)15-18/h3-6,18H,2,7-15H2,1H3. The number of carbonyl (C=O) groups is 2. The molecule has 2 fully saturated rings. The van der Waals surface area contributed by atoms with E-state index in [4.69, 9.17) is 4.74 Å². The number of hydrogen-bond acceptors (Lipinski definition) is 7. The van der Waals surface area contributed by atoms with Crippen molar-refractivity contribution >= 4 is 31.6 Å². The average Bonchev–Trinajstić information content (AvgIpc) is 3.13. The SMILES string of the molecule is CCOc1ccc(C(=O)CCC(=O)N2CCN(S(=O)(=O)C3CCS(=O)(=O)C3)CC2)cc1. The van der Waals surface area contributed by atoms with Crippen molar-refractivity contribution in [3.63, 3.8) is 0 Å². The molecule has 3 rings (SSSR count). The zero-order valence-corrected chi connectivity index (χ0v) is 19.2. The van der Waals surface area contributed by atoms with Crippen molar-refractivity contribution in [2.45, 2.75) is 31.4 Å². The van der Waals surface area contributed by atoms with E-state index in [-0.39, 0.29) is 68.6 Å². The van der Waals surface area contributed by atoms with E-state index in [2.05, 4.69) is 0 Å². The Hall–Kier alpha value is -1.98. The average molecular weight is 473 g/mol. The van der Waals surface area contributed by atoms with Crippen LogP contribution < -0.4 is 4.74 Å². The first kappa shape index (κ1) is 23.7. The van der Waals surface area contributed by atoms with Gasteiger partial charge in [0.2, 0.25) is 15.9 Å². The predicted octanol–water partition coefficient (Wildman–Crippen LogP) is 0.709. The maximum Gasteiger partial charge on any atom is 0.223 e. The molecule has 1 amide bonds. The van der Waals surface area contributed by atoms with Crippen molar-refractivity contribution in [1.82, 2.24) is 9.21 Å². The smallest absolute Gasteiger partial charge is 0.223 e. The molecule has 9 nitrogen and oxygen atoms in total. The van der Waals surface area contributed by atoms with E-state index in [1.807, 2.05) is 6.92 Å². The molecule has 1 aromatic carbocycles. The van der Waals surface area contributed by atoms with Gasteiger partial charge in [-0.1, -0.05) is 0 Å². The van der Waals surface area contributed by atoms with Gasteiger partial charge in [-0.05, 0) is 37.6 Å². The van der Waals surface area contributed by atoms with Crippen molar-refractivity contribution in [3.05, 3.63) is 29.8 Å². The van der Waals surface area contributed by atoms with Gasteiger partial charge in [0.05, 0.1) is 23.4 Å². The summed E-state index contributed by atoms with van der Waals surface area (Å²) in [5.74, 6) is -0.0853. The highest BCUT2D eigenvalue weighted by molar-refractivity contribution is 7.95. The van der Waals surface area contributed by atoms with E-state index in [0.717, 1.165) is 0 Å². The van der Waals surface area contributed by atoms with Crippen LogP contribution in [0.1, 0.15) is 36.5 Å². The lowest BCUT2D eigenvalue weighted by atomic mass is 10.1. The Labute approximate surface area is 183 Å². The Morgan fingerprint density at radius 1 is 1.06 bits per heavy atom. The number of benzene rings is 1. The highest BCUT2D eigenvalue weighted by Gasteiger charge is 2.41. The fraction of sp³-hybridized carbons (Fsp3) is 0.600. The molecular formula is C20H28N2O7S2. The van der Waals surface area contributed by atoms with Crippen molar-refractivity contribution < 1.29 is 31.2 Å². The number of nitrogens with zero attached hydrogens (tertiary/aromatic N) is 2. The van der Waals surface area contributed by atoms with Crippen molar-refractivity contribution in [2.24, 2.45) is 0 Å². The Morgan fingerprint density at radius 2 is 1.71 bits per heavy atom. The highest BCUT2D eigenvalue weighted by atomic mass is 32.2. The first-order valence-corrected chi connectivity index (χ1v) is 13.7. The molecule has 1 unspecified atom stereocenters. The van der Waals surface area contributed by atoms with Crippen molar-refractivity contribution in [2.75, 3.05) is 44.3 Å².